The number of hydrogen-bond donors (Lipinski definition) is 2. The Bertz CT molecular complexity index is 343. The summed E-state index contributed by atoms with van der Waals surface area (Å²) in [5, 5.41) is 12.1. The van der Waals surface area contributed by atoms with Crippen molar-refractivity contribution in [3.8, 4) is 0 Å². The summed E-state index contributed by atoms with van der Waals surface area (Å²) in [4.78, 5) is 0. The van der Waals surface area contributed by atoms with E-state index in [0.29, 0.717) is 19.3 Å². The Morgan fingerprint density at radius 3 is 2.95 bits per heavy atom. The van der Waals surface area contributed by atoms with E-state index < -0.39 is 0 Å². The molecule has 0 heterocycles. The molecule has 1 aliphatic carbocycles. The second-order valence-electron chi connectivity index (χ2n) is 4.43. The fourth-order valence-electron chi connectivity index (χ4n) is 1.76. The molecule has 0 bridgehead atoms. The van der Waals surface area contributed by atoms with Crippen LogP contribution in [0.15, 0.2) is 48.1 Å². The van der Waals surface area contributed by atoms with Gasteiger partial charge in [-0.15, -0.1) is 0 Å². The molecular weight excluding hydrogens is 238 g/mol. The number of aliphatic hydroxyl groups excluding tert-OH is 1. The van der Waals surface area contributed by atoms with Gasteiger partial charge in [0.2, 0.25) is 0 Å². The highest BCUT2D eigenvalue weighted by molar-refractivity contribution is 5.25. The zero-order valence-electron chi connectivity index (χ0n) is 11.7. The van der Waals surface area contributed by atoms with Crippen LogP contribution in [0.25, 0.3) is 0 Å². The molecule has 0 fully saturated rings. The van der Waals surface area contributed by atoms with Gasteiger partial charge in [0, 0.05) is 12.6 Å². The Labute approximate surface area is 116 Å². The van der Waals surface area contributed by atoms with Gasteiger partial charge in [0.15, 0.2) is 0 Å². The normalized spacial score (nSPS) is 19.5. The third-order valence-corrected chi connectivity index (χ3v) is 2.80. The first-order valence-electron chi connectivity index (χ1n) is 6.97. The number of aliphatic hydroxyl groups is 1. The van der Waals surface area contributed by atoms with E-state index in [2.05, 4.69) is 54.8 Å². The van der Waals surface area contributed by atoms with Crippen LogP contribution < -0.4 is 5.32 Å². The summed E-state index contributed by atoms with van der Waals surface area (Å²) in [5.41, 5.74) is 1.19. The van der Waals surface area contributed by atoms with Crippen molar-refractivity contribution in [2.45, 2.75) is 25.8 Å². The molecule has 0 spiro atoms. The third kappa shape index (κ3) is 7.78. The number of allylic oxidation sites excluding steroid dienone is 3. The van der Waals surface area contributed by atoms with E-state index >= 15 is 0 Å². The van der Waals surface area contributed by atoms with Crippen molar-refractivity contribution in [3.63, 3.8) is 0 Å². The lowest BCUT2D eigenvalue weighted by Gasteiger charge is -2.16. The molecule has 0 aliphatic heterocycles. The van der Waals surface area contributed by atoms with Crippen molar-refractivity contribution in [3.05, 3.63) is 48.1 Å². The highest BCUT2D eigenvalue weighted by Gasteiger charge is 2.06. The molecular formula is C16H25NO2. The first kappa shape index (κ1) is 15.9. The van der Waals surface area contributed by atoms with Gasteiger partial charge < -0.3 is 15.2 Å². The minimum Gasteiger partial charge on any atom is -0.394 e. The zero-order chi connectivity index (χ0) is 13.8. The maximum atomic E-state index is 8.63. The zero-order valence-corrected chi connectivity index (χ0v) is 11.7. The van der Waals surface area contributed by atoms with Gasteiger partial charge in [-0.2, -0.15) is 0 Å². The number of hydrogen-bond acceptors (Lipinski definition) is 3. The molecule has 0 aromatic carbocycles. The predicted octanol–water partition coefficient (Wildman–Crippen LogP) is 2.36. The molecule has 0 amide bonds. The molecule has 2 N–H and O–H groups in total. The standard InChI is InChI=1S/C16H25NO2/c1-2-3-4-5-6-11-17-16-9-7-15(8-10-16)14-19-13-12-18/h3-9,16-18H,2,10-14H2,1H3. The fraction of sp³-hybridized carbons (Fsp3) is 0.500. The van der Waals surface area contributed by atoms with Crippen LogP contribution in [0.2, 0.25) is 0 Å². The van der Waals surface area contributed by atoms with Gasteiger partial charge in [0.25, 0.3) is 0 Å². The molecule has 1 unspecified atom stereocenters. The van der Waals surface area contributed by atoms with Gasteiger partial charge in [-0.05, 0) is 18.4 Å². The minimum absolute atomic E-state index is 0.0833. The Hall–Kier alpha value is -1.16. The average molecular weight is 263 g/mol. The van der Waals surface area contributed by atoms with Gasteiger partial charge in [-0.1, -0.05) is 49.5 Å². The van der Waals surface area contributed by atoms with Crippen molar-refractivity contribution in [2.24, 2.45) is 0 Å². The lowest BCUT2D eigenvalue weighted by Crippen LogP contribution is -2.28. The highest BCUT2D eigenvalue weighted by Crippen LogP contribution is 2.10. The van der Waals surface area contributed by atoms with E-state index in [1.165, 1.54) is 5.57 Å². The molecule has 0 aromatic heterocycles. The molecule has 1 rings (SSSR count). The number of nitrogens with one attached hydrogen (secondary N) is 1. The molecule has 1 aliphatic rings. The van der Waals surface area contributed by atoms with Crippen LogP contribution in [0.5, 0.6) is 0 Å². The molecule has 0 aromatic rings. The molecule has 1 atom stereocenters. The van der Waals surface area contributed by atoms with Crippen molar-refractivity contribution < 1.29 is 9.84 Å². The SMILES string of the molecule is CCC=CC=CCNC1C=CC(COCCO)=CC1. The quantitative estimate of drug-likeness (QED) is 0.496. The van der Waals surface area contributed by atoms with Gasteiger partial charge in [-0.25, -0.2) is 0 Å². The molecule has 3 nitrogen and oxygen atoms in total. The van der Waals surface area contributed by atoms with Gasteiger partial charge in [0.1, 0.15) is 0 Å². The molecule has 0 radical (unpaired) electrons. The highest BCUT2D eigenvalue weighted by atomic mass is 16.5. The van der Waals surface area contributed by atoms with E-state index in [1.54, 1.807) is 0 Å². The van der Waals surface area contributed by atoms with E-state index in [4.69, 9.17) is 9.84 Å². The third-order valence-electron chi connectivity index (χ3n) is 2.80. The smallest absolute Gasteiger partial charge is 0.0714 e. The van der Waals surface area contributed by atoms with Crippen LogP contribution in [-0.2, 0) is 4.74 Å². The molecule has 106 valence electrons. The minimum atomic E-state index is 0.0833. The van der Waals surface area contributed by atoms with E-state index in [9.17, 15) is 0 Å². The van der Waals surface area contributed by atoms with E-state index in [1.807, 2.05) is 0 Å². The van der Waals surface area contributed by atoms with Crippen LogP contribution in [-0.4, -0.2) is 37.5 Å². The largest absolute Gasteiger partial charge is 0.394 e. The number of rotatable bonds is 9. The van der Waals surface area contributed by atoms with Crippen LogP contribution in [0, 0.1) is 0 Å². The van der Waals surface area contributed by atoms with Gasteiger partial charge in [-0.3, -0.25) is 0 Å². The Morgan fingerprint density at radius 1 is 1.42 bits per heavy atom. The maximum absolute atomic E-state index is 8.63. The lowest BCUT2D eigenvalue weighted by molar-refractivity contribution is 0.109. The summed E-state index contributed by atoms with van der Waals surface area (Å²) in [6.07, 6.45) is 17.0. The summed E-state index contributed by atoms with van der Waals surface area (Å²) in [7, 11) is 0. The molecule has 0 saturated heterocycles. The Balaban J connectivity index is 2.14. The van der Waals surface area contributed by atoms with Crippen LogP contribution in [0.3, 0.4) is 0 Å². The second-order valence-corrected chi connectivity index (χ2v) is 4.43. The molecule has 0 saturated carbocycles. The Morgan fingerprint density at radius 2 is 2.26 bits per heavy atom. The Kier molecular flexibility index (Phi) is 8.98. The first-order valence-corrected chi connectivity index (χ1v) is 6.97. The monoisotopic (exact) mass is 263 g/mol. The predicted molar refractivity (Wildman–Crippen MR) is 80.1 cm³/mol. The fourth-order valence-corrected chi connectivity index (χ4v) is 1.76. The topological polar surface area (TPSA) is 41.5 Å². The number of ether oxygens (including phenoxy) is 1. The van der Waals surface area contributed by atoms with Gasteiger partial charge >= 0.3 is 0 Å². The summed E-state index contributed by atoms with van der Waals surface area (Å²) in [6, 6.07) is 0.404. The summed E-state index contributed by atoms with van der Waals surface area (Å²) >= 11 is 0. The average Bonchev–Trinajstić information content (AvgIpc) is 2.44. The van der Waals surface area contributed by atoms with Gasteiger partial charge in [0.05, 0.1) is 19.8 Å². The van der Waals surface area contributed by atoms with Crippen LogP contribution >= 0.6 is 0 Å². The maximum Gasteiger partial charge on any atom is 0.0714 e. The first-order chi connectivity index (χ1) is 9.36. The van der Waals surface area contributed by atoms with Crippen molar-refractivity contribution in [1.29, 1.82) is 0 Å². The van der Waals surface area contributed by atoms with Crippen molar-refractivity contribution >= 4 is 0 Å². The van der Waals surface area contributed by atoms with Crippen molar-refractivity contribution in [1.82, 2.24) is 5.32 Å². The summed E-state index contributed by atoms with van der Waals surface area (Å²) in [6.45, 7) is 4.09. The molecule has 19 heavy (non-hydrogen) atoms. The lowest BCUT2D eigenvalue weighted by atomic mass is 10.0. The van der Waals surface area contributed by atoms with Crippen LogP contribution in [0.1, 0.15) is 19.8 Å². The summed E-state index contributed by atoms with van der Waals surface area (Å²) in [5.74, 6) is 0. The van der Waals surface area contributed by atoms with E-state index in [0.717, 1.165) is 19.4 Å². The second kappa shape index (κ2) is 10.7. The summed E-state index contributed by atoms with van der Waals surface area (Å²) < 4.78 is 5.28. The van der Waals surface area contributed by atoms with Crippen molar-refractivity contribution in [2.75, 3.05) is 26.4 Å². The van der Waals surface area contributed by atoms with Crippen LogP contribution in [0.4, 0.5) is 0 Å². The molecule has 3 heteroatoms. The van der Waals surface area contributed by atoms with E-state index in [-0.39, 0.29) is 6.61 Å².